The average molecular weight is 272 g/mol. The predicted octanol–water partition coefficient (Wildman–Crippen LogP) is 3.25. The van der Waals surface area contributed by atoms with Gasteiger partial charge in [0.25, 0.3) is 0 Å². The Kier molecular flexibility index (Phi) is 3.47. The molecule has 4 nitrogen and oxygen atoms in total. The van der Waals surface area contributed by atoms with Gasteiger partial charge >= 0.3 is 5.97 Å². The van der Waals surface area contributed by atoms with Crippen LogP contribution in [0, 0.1) is 0 Å². The molecule has 3 rings (SSSR count). The summed E-state index contributed by atoms with van der Waals surface area (Å²) in [4.78, 5) is 10.9. The molecule has 0 amide bonds. The number of aromatic nitrogens is 2. The van der Waals surface area contributed by atoms with Gasteiger partial charge in [-0.25, -0.2) is 0 Å². The van der Waals surface area contributed by atoms with Crippen molar-refractivity contribution in [3.8, 4) is 0 Å². The van der Waals surface area contributed by atoms with E-state index in [2.05, 4.69) is 17.2 Å². The summed E-state index contributed by atoms with van der Waals surface area (Å²) in [6.07, 6.45) is 6.51. The molecule has 0 aliphatic heterocycles. The van der Waals surface area contributed by atoms with Gasteiger partial charge < -0.3 is 5.11 Å². The lowest BCUT2D eigenvalue weighted by molar-refractivity contribution is -0.136. The maximum atomic E-state index is 10.9. The lowest BCUT2D eigenvalue weighted by Crippen LogP contribution is -2.04. The number of aliphatic carboxylic acids is 1. The van der Waals surface area contributed by atoms with Crippen molar-refractivity contribution >= 4 is 16.9 Å². The fourth-order valence-electron chi connectivity index (χ4n) is 3.31. The molecule has 0 bridgehead atoms. The number of hydrogen-bond acceptors (Lipinski definition) is 2. The number of carboxylic acids is 1. The van der Waals surface area contributed by atoms with Gasteiger partial charge in [0.15, 0.2) is 0 Å². The molecule has 4 heteroatoms. The fraction of sp³-hybridized carbons (Fsp3) is 0.500. The maximum Gasteiger partial charge on any atom is 0.309 e. The molecule has 0 atom stereocenters. The smallest absolute Gasteiger partial charge is 0.309 e. The van der Waals surface area contributed by atoms with Crippen LogP contribution in [-0.2, 0) is 18.3 Å². The molecule has 1 aliphatic carbocycles. The summed E-state index contributed by atoms with van der Waals surface area (Å²) >= 11 is 0. The largest absolute Gasteiger partial charge is 0.481 e. The molecule has 0 spiro atoms. The second-order valence-electron chi connectivity index (χ2n) is 5.75. The lowest BCUT2D eigenvalue weighted by atomic mass is 9.84. The summed E-state index contributed by atoms with van der Waals surface area (Å²) in [5.74, 6) is -0.174. The molecule has 1 fully saturated rings. The zero-order valence-electron chi connectivity index (χ0n) is 11.8. The fourth-order valence-corrected chi connectivity index (χ4v) is 3.31. The van der Waals surface area contributed by atoms with Gasteiger partial charge in [-0.15, -0.1) is 0 Å². The van der Waals surface area contributed by atoms with Crippen molar-refractivity contribution < 1.29 is 9.90 Å². The summed E-state index contributed by atoms with van der Waals surface area (Å²) in [6, 6.07) is 6.40. The molecule has 1 aromatic heterocycles. The molecule has 1 aliphatic rings. The SMILES string of the molecule is Cn1nc(CC(=O)O)c2ccc(C3CCCCC3)cc21. The Hall–Kier alpha value is -1.84. The molecular weight excluding hydrogens is 252 g/mol. The Morgan fingerprint density at radius 1 is 1.35 bits per heavy atom. The van der Waals surface area contributed by atoms with E-state index < -0.39 is 5.97 Å². The van der Waals surface area contributed by atoms with Gasteiger partial charge in [-0.3, -0.25) is 9.48 Å². The number of hydrogen-bond donors (Lipinski definition) is 1. The molecule has 106 valence electrons. The van der Waals surface area contributed by atoms with E-state index in [9.17, 15) is 4.79 Å². The molecule has 1 aromatic carbocycles. The molecule has 1 saturated carbocycles. The zero-order valence-corrected chi connectivity index (χ0v) is 11.8. The number of carbonyl (C=O) groups is 1. The van der Waals surface area contributed by atoms with Crippen LogP contribution in [0.15, 0.2) is 18.2 Å². The van der Waals surface area contributed by atoms with E-state index in [1.165, 1.54) is 37.7 Å². The van der Waals surface area contributed by atoms with E-state index in [0.29, 0.717) is 11.6 Å². The van der Waals surface area contributed by atoms with E-state index in [-0.39, 0.29) is 6.42 Å². The third kappa shape index (κ3) is 2.42. The van der Waals surface area contributed by atoms with Gasteiger partial charge in [0.1, 0.15) is 0 Å². The minimum atomic E-state index is -0.832. The Balaban J connectivity index is 1.98. The first-order valence-corrected chi connectivity index (χ1v) is 7.32. The Bertz CT molecular complexity index is 639. The normalized spacial score (nSPS) is 16.6. The highest BCUT2D eigenvalue weighted by molar-refractivity contribution is 5.86. The van der Waals surface area contributed by atoms with Crippen molar-refractivity contribution in [2.45, 2.75) is 44.4 Å². The molecule has 0 saturated heterocycles. The number of nitrogens with zero attached hydrogens (tertiary/aromatic N) is 2. The number of fused-ring (bicyclic) bond motifs is 1. The van der Waals surface area contributed by atoms with Gasteiger partial charge in [0, 0.05) is 12.4 Å². The van der Waals surface area contributed by atoms with Crippen LogP contribution in [0.4, 0.5) is 0 Å². The minimum Gasteiger partial charge on any atom is -0.481 e. The molecular formula is C16H20N2O2. The third-order valence-corrected chi connectivity index (χ3v) is 4.35. The predicted molar refractivity (Wildman–Crippen MR) is 77.9 cm³/mol. The van der Waals surface area contributed by atoms with Crippen molar-refractivity contribution in [3.05, 3.63) is 29.5 Å². The Labute approximate surface area is 118 Å². The maximum absolute atomic E-state index is 10.9. The first-order valence-electron chi connectivity index (χ1n) is 7.32. The second-order valence-corrected chi connectivity index (χ2v) is 5.75. The average Bonchev–Trinajstić information content (AvgIpc) is 2.75. The molecule has 0 unspecified atom stereocenters. The number of benzene rings is 1. The zero-order chi connectivity index (χ0) is 14.1. The van der Waals surface area contributed by atoms with Gasteiger partial charge in [-0.1, -0.05) is 31.4 Å². The molecule has 20 heavy (non-hydrogen) atoms. The van der Waals surface area contributed by atoms with Crippen LogP contribution in [0.5, 0.6) is 0 Å². The molecule has 0 radical (unpaired) electrons. The first kappa shape index (κ1) is 13.2. The van der Waals surface area contributed by atoms with Crippen LogP contribution in [-0.4, -0.2) is 20.9 Å². The lowest BCUT2D eigenvalue weighted by Gasteiger charge is -2.22. The second kappa shape index (κ2) is 5.27. The standard InChI is InChI=1S/C16H20N2O2/c1-18-15-9-12(11-5-3-2-4-6-11)7-8-13(15)14(17-18)10-16(19)20/h7-9,11H,2-6,10H2,1H3,(H,19,20). The van der Waals surface area contributed by atoms with E-state index >= 15 is 0 Å². The van der Waals surface area contributed by atoms with E-state index in [0.717, 1.165) is 10.9 Å². The summed E-state index contributed by atoms with van der Waals surface area (Å²) < 4.78 is 1.81. The van der Waals surface area contributed by atoms with Gasteiger partial charge in [-0.2, -0.15) is 5.10 Å². The van der Waals surface area contributed by atoms with E-state index in [1.807, 2.05) is 13.1 Å². The summed E-state index contributed by atoms with van der Waals surface area (Å²) in [5.41, 5.74) is 3.08. The highest BCUT2D eigenvalue weighted by Crippen LogP contribution is 2.34. The van der Waals surface area contributed by atoms with Crippen molar-refractivity contribution in [2.75, 3.05) is 0 Å². The minimum absolute atomic E-state index is 0.0138. The number of aryl methyl sites for hydroxylation is 1. The number of carboxylic acid groups (broad SMARTS) is 1. The van der Waals surface area contributed by atoms with Gasteiger partial charge in [0.2, 0.25) is 0 Å². The Morgan fingerprint density at radius 3 is 2.80 bits per heavy atom. The summed E-state index contributed by atoms with van der Waals surface area (Å²) in [6.45, 7) is 0. The van der Waals surface area contributed by atoms with E-state index in [1.54, 1.807) is 4.68 Å². The molecule has 2 aromatic rings. The van der Waals surface area contributed by atoms with Crippen molar-refractivity contribution in [1.29, 1.82) is 0 Å². The van der Waals surface area contributed by atoms with E-state index in [4.69, 9.17) is 5.11 Å². The first-order chi connectivity index (χ1) is 9.65. The topological polar surface area (TPSA) is 55.1 Å². The van der Waals surface area contributed by atoms with Crippen LogP contribution >= 0.6 is 0 Å². The molecule has 1 heterocycles. The van der Waals surface area contributed by atoms with Gasteiger partial charge in [0.05, 0.1) is 17.6 Å². The van der Waals surface area contributed by atoms with Crippen LogP contribution in [0.2, 0.25) is 0 Å². The Morgan fingerprint density at radius 2 is 2.10 bits per heavy atom. The summed E-state index contributed by atoms with van der Waals surface area (Å²) in [7, 11) is 1.89. The van der Waals surface area contributed by atoms with Crippen LogP contribution in [0.1, 0.15) is 49.3 Å². The molecule has 1 N–H and O–H groups in total. The third-order valence-electron chi connectivity index (χ3n) is 4.35. The monoisotopic (exact) mass is 272 g/mol. The summed E-state index contributed by atoms with van der Waals surface area (Å²) in [5, 5.41) is 14.3. The van der Waals surface area contributed by atoms with Gasteiger partial charge in [-0.05, 0) is 30.4 Å². The highest BCUT2D eigenvalue weighted by Gasteiger charge is 2.18. The van der Waals surface area contributed by atoms with Crippen molar-refractivity contribution in [3.63, 3.8) is 0 Å². The number of rotatable bonds is 3. The quantitative estimate of drug-likeness (QED) is 0.933. The van der Waals surface area contributed by atoms with Crippen LogP contribution in [0.3, 0.4) is 0 Å². The van der Waals surface area contributed by atoms with Crippen LogP contribution in [0.25, 0.3) is 10.9 Å². The van der Waals surface area contributed by atoms with Crippen molar-refractivity contribution in [2.24, 2.45) is 7.05 Å². The van der Waals surface area contributed by atoms with Crippen molar-refractivity contribution in [1.82, 2.24) is 9.78 Å². The highest BCUT2D eigenvalue weighted by atomic mass is 16.4. The van der Waals surface area contributed by atoms with Crippen LogP contribution < -0.4 is 0 Å².